The van der Waals surface area contributed by atoms with Gasteiger partial charge in [0.15, 0.2) is 5.96 Å². The van der Waals surface area contributed by atoms with Gasteiger partial charge in [0.25, 0.3) is 0 Å². The van der Waals surface area contributed by atoms with Gasteiger partial charge in [-0.2, -0.15) is 0 Å². The van der Waals surface area contributed by atoms with Gasteiger partial charge in [-0.15, -0.1) is 0 Å². The number of aliphatic imine (C=N–C) groups is 1. The van der Waals surface area contributed by atoms with Crippen molar-refractivity contribution >= 4 is 19.8 Å². The van der Waals surface area contributed by atoms with Gasteiger partial charge in [-0.25, -0.2) is 0 Å². The third-order valence-corrected chi connectivity index (χ3v) is 5.03. The molecule has 1 unspecified atom stereocenters. The lowest BCUT2D eigenvalue weighted by molar-refractivity contribution is -0.341. The number of hydrogen-bond donors (Lipinski definition) is 4. The maximum Gasteiger partial charge on any atom is 0.320 e. The SMILES string of the molecule is CCCCCCCCCCCCCCOP(=O)([O-])[O-].NC(N)=NCCCC(N)C(=O)O. The van der Waals surface area contributed by atoms with Gasteiger partial charge >= 0.3 is 5.97 Å². The molecule has 0 rings (SSSR count). The molecule has 186 valence electrons. The molecule has 0 aliphatic heterocycles. The summed E-state index contributed by atoms with van der Waals surface area (Å²) < 4.78 is 14.3. The van der Waals surface area contributed by atoms with Crippen LogP contribution in [-0.2, 0) is 13.9 Å². The summed E-state index contributed by atoms with van der Waals surface area (Å²) >= 11 is 0. The number of hydrogen-bond acceptors (Lipinski definition) is 7. The molecule has 10 nitrogen and oxygen atoms in total. The average molecular weight is 467 g/mol. The average Bonchev–Trinajstić information content (AvgIpc) is 2.68. The summed E-state index contributed by atoms with van der Waals surface area (Å²) in [6.45, 7) is 2.70. The number of phosphoric ester groups is 1. The van der Waals surface area contributed by atoms with Crippen molar-refractivity contribution in [3.05, 3.63) is 0 Å². The number of carboxylic acid groups (broad SMARTS) is 1. The minimum absolute atomic E-state index is 0.0129. The van der Waals surface area contributed by atoms with E-state index in [1.165, 1.54) is 57.8 Å². The van der Waals surface area contributed by atoms with Crippen molar-refractivity contribution in [2.45, 2.75) is 103 Å². The van der Waals surface area contributed by atoms with E-state index in [-0.39, 0.29) is 12.6 Å². The van der Waals surface area contributed by atoms with Crippen LogP contribution in [0.3, 0.4) is 0 Å². The number of rotatable bonds is 19. The van der Waals surface area contributed by atoms with Gasteiger partial charge in [0.2, 0.25) is 0 Å². The Morgan fingerprint density at radius 1 is 0.935 bits per heavy atom. The molecule has 0 spiro atoms. The predicted octanol–water partition coefficient (Wildman–Crippen LogP) is 1.98. The second-order valence-corrected chi connectivity index (χ2v) is 8.72. The first-order chi connectivity index (χ1) is 14.6. The first kappa shape index (κ1) is 32.0. The lowest BCUT2D eigenvalue weighted by atomic mass is 10.1. The van der Waals surface area contributed by atoms with Crippen molar-refractivity contribution in [2.75, 3.05) is 13.2 Å². The van der Waals surface area contributed by atoms with E-state index in [0.717, 1.165) is 12.8 Å². The van der Waals surface area contributed by atoms with Crippen LogP contribution >= 0.6 is 7.82 Å². The van der Waals surface area contributed by atoms with Crippen LogP contribution in [0.5, 0.6) is 0 Å². The van der Waals surface area contributed by atoms with Crippen molar-refractivity contribution in [1.29, 1.82) is 0 Å². The zero-order valence-electron chi connectivity index (χ0n) is 19.0. The number of nitrogens with zero attached hydrogens (tertiary/aromatic N) is 1. The van der Waals surface area contributed by atoms with Gasteiger partial charge in [-0.3, -0.25) is 9.79 Å². The molecule has 0 radical (unpaired) electrons. The molecule has 7 N–H and O–H groups in total. The Kier molecular flexibility index (Phi) is 22.7. The van der Waals surface area contributed by atoms with E-state index in [4.69, 9.17) is 22.3 Å². The highest BCUT2D eigenvalue weighted by molar-refractivity contribution is 7.43. The van der Waals surface area contributed by atoms with Crippen molar-refractivity contribution in [3.63, 3.8) is 0 Å². The molecule has 31 heavy (non-hydrogen) atoms. The minimum atomic E-state index is -4.75. The maximum absolute atomic E-state index is 10.2. The fourth-order valence-electron chi connectivity index (χ4n) is 2.76. The number of phosphoric acid groups is 1. The summed E-state index contributed by atoms with van der Waals surface area (Å²) in [5, 5.41) is 8.38. The molecule has 0 bridgehead atoms. The summed E-state index contributed by atoms with van der Waals surface area (Å²) in [5.74, 6) is -0.987. The molecule has 0 aliphatic rings. The highest BCUT2D eigenvalue weighted by atomic mass is 31.2. The molecule has 0 saturated heterocycles. The summed E-state index contributed by atoms with van der Waals surface area (Å²) in [6.07, 6.45) is 15.5. The minimum Gasteiger partial charge on any atom is -0.790 e. The summed E-state index contributed by atoms with van der Waals surface area (Å²) in [7, 11) is -4.75. The zero-order valence-corrected chi connectivity index (χ0v) is 19.9. The fraction of sp³-hybridized carbons (Fsp3) is 0.900. The molecular weight excluding hydrogens is 423 g/mol. The molecule has 1 atom stereocenters. The van der Waals surface area contributed by atoms with E-state index in [1.807, 2.05) is 0 Å². The van der Waals surface area contributed by atoms with Crippen LogP contribution in [0.25, 0.3) is 0 Å². The smallest absolute Gasteiger partial charge is 0.320 e. The number of aliphatic carboxylic acids is 1. The summed E-state index contributed by atoms with van der Waals surface area (Å²) in [6, 6.07) is -0.820. The van der Waals surface area contributed by atoms with Crippen molar-refractivity contribution < 1.29 is 28.8 Å². The normalized spacial score (nSPS) is 12.0. The molecule has 0 fully saturated rings. The topological polar surface area (TPSA) is 200 Å². The van der Waals surface area contributed by atoms with Crippen LogP contribution in [-0.4, -0.2) is 36.2 Å². The van der Waals surface area contributed by atoms with Gasteiger partial charge in [-0.1, -0.05) is 77.6 Å². The Labute approximate surface area is 187 Å². The fourth-order valence-corrected chi connectivity index (χ4v) is 3.11. The Morgan fingerprint density at radius 3 is 1.77 bits per heavy atom. The molecule has 0 saturated carbocycles. The van der Waals surface area contributed by atoms with Crippen LogP contribution < -0.4 is 27.0 Å². The second-order valence-electron chi connectivity index (χ2n) is 7.56. The van der Waals surface area contributed by atoms with Gasteiger partial charge in [0, 0.05) is 6.54 Å². The summed E-state index contributed by atoms with van der Waals surface area (Å²) in [5.41, 5.74) is 15.3. The first-order valence-electron chi connectivity index (χ1n) is 11.3. The number of guanidine groups is 1. The maximum atomic E-state index is 10.2. The first-order valence-corrected chi connectivity index (χ1v) is 12.8. The Morgan fingerprint density at radius 2 is 1.39 bits per heavy atom. The van der Waals surface area contributed by atoms with E-state index in [1.54, 1.807) is 0 Å². The molecule has 0 aromatic carbocycles. The zero-order chi connectivity index (χ0) is 24.0. The van der Waals surface area contributed by atoms with Crippen LogP contribution in [0.1, 0.15) is 96.8 Å². The number of nitrogens with two attached hydrogens (primary N) is 3. The molecule has 0 aliphatic carbocycles. The van der Waals surface area contributed by atoms with E-state index in [9.17, 15) is 19.1 Å². The molecule has 0 aromatic heterocycles. The van der Waals surface area contributed by atoms with Crippen molar-refractivity contribution in [1.82, 2.24) is 0 Å². The molecular formula is C20H43N4O6P-2. The third kappa shape index (κ3) is 31.1. The lowest BCUT2D eigenvalue weighted by Crippen LogP contribution is -2.30. The van der Waals surface area contributed by atoms with Crippen LogP contribution in [0.15, 0.2) is 4.99 Å². The highest BCUT2D eigenvalue weighted by Gasteiger charge is 2.09. The van der Waals surface area contributed by atoms with Crippen molar-refractivity contribution in [3.8, 4) is 0 Å². The van der Waals surface area contributed by atoms with E-state index < -0.39 is 19.8 Å². The Hall–Kier alpha value is -1.19. The standard InChI is InChI=1S/C14H31O4P.C6H14N4O2/c1-2-3-4-5-6-7-8-9-10-11-12-13-14-18-19(15,16)17;7-4(5(11)12)2-1-3-10-6(8)9/h2-14H2,1H3,(H2,15,16,17);4H,1-3,7H2,(H,11,12)(H4,8,9,10)/p-2. The highest BCUT2D eigenvalue weighted by Crippen LogP contribution is 2.24. The third-order valence-electron chi connectivity index (χ3n) is 4.53. The van der Waals surface area contributed by atoms with Gasteiger partial charge in [0.05, 0.1) is 14.4 Å². The Bertz CT molecular complexity index is 498. The van der Waals surface area contributed by atoms with Crippen LogP contribution in [0.2, 0.25) is 0 Å². The van der Waals surface area contributed by atoms with Gasteiger partial charge in [-0.05, 0) is 19.3 Å². The van der Waals surface area contributed by atoms with Crippen LogP contribution in [0, 0.1) is 0 Å². The van der Waals surface area contributed by atoms with E-state index in [2.05, 4.69) is 16.4 Å². The number of unbranched alkanes of at least 4 members (excludes halogenated alkanes) is 11. The number of carbonyl (C=O) groups is 1. The molecule has 0 amide bonds. The van der Waals surface area contributed by atoms with E-state index in [0.29, 0.717) is 25.8 Å². The van der Waals surface area contributed by atoms with Gasteiger partial charge in [0.1, 0.15) is 6.04 Å². The lowest BCUT2D eigenvalue weighted by Gasteiger charge is -2.28. The predicted molar refractivity (Wildman–Crippen MR) is 120 cm³/mol. The monoisotopic (exact) mass is 466 g/mol. The quantitative estimate of drug-likeness (QED) is 0.0950. The number of carboxylic acids is 1. The largest absolute Gasteiger partial charge is 0.790 e. The summed E-state index contributed by atoms with van der Waals surface area (Å²) in [4.78, 5) is 34.3. The second kappa shape index (κ2) is 22.0. The van der Waals surface area contributed by atoms with Crippen molar-refractivity contribution in [2.24, 2.45) is 22.2 Å². The molecule has 0 aromatic rings. The molecule has 11 heteroatoms. The van der Waals surface area contributed by atoms with E-state index >= 15 is 0 Å². The molecule has 0 heterocycles. The Balaban J connectivity index is 0. The van der Waals surface area contributed by atoms with Crippen LogP contribution in [0.4, 0.5) is 0 Å². The van der Waals surface area contributed by atoms with Gasteiger partial charge < -0.3 is 41.2 Å².